The molecule has 22 heavy (non-hydrogen) atoms. The van der Waals surface area contributed by atoms with Crippen LogP contribution in [0, 0.1) is 11.8 Å². The molecule has 0 aliphatic carbocycles. The Morgan fingerprint density at radius 3 is 2.00 bits per heavy atom. The van der Waals surface area contributed by atoms with Gasteiger partial charge in [0.15, 0.2) is 0 Å². The number of carbonyl (C=O) groups excluding carboxylic acids is 2. The normalized spacial score (nSPS) is 16.5. The zero-order chi connectivity index (χ0) is 17.4. The Morgan fingerprint density at radius 1 is 1.09 bits per heavy atom. The second kappa shape index (κ2) is 9.37. The van der Waals surface area contributed by atoms with Gasteiger partial charge in [-0.2, -0.15) is 0 Å². The summed E-state index contributed by atoms with van der Waals surface area (Å²) in [6, 6.07) is -3.13. The van der Waals surface area contributed by atoms with Gasteiger partial charge in [0.1, 0.15) is 12.1 Å². The van der Waals surface area contributed by atoms with Crippen molar-refractivity contribution in [1.82, 2.24) is 10.6 Å². The maximum Gasteiger partial charge on any atom is 0.326 e. The first-order valence-electron chi connectivity index (χ1n) is 7.35. The number of rotatable bonds is 9. The monoisotopic (exact) mass is 317 g/mol. The van der Waals surface area contributed by atoms with Gasteiger partial charge >= 0.3 is 5.97 Å². The van der Waals surface area contributed by atoms with Crippen LogP contribution in [0.15, 0.2) is 0 Å². The van der Waals surface area contributed by atoms with E-state index in [9.17, 15) is 19.5 Å². The number of amides is 2. The van der Waals surface area contributed by atoms with Gasteiger partial charge in [0.05, 0.1) is 12.6 Å². The third kappa shape index (κ3) is 5.98. The van der Waals surface area contributed by atoms with Gasteiger partial charge in [-0.1, -0.05) is 34.1 Å². The lowest BCUT2D eigenvalue weighted by molar-refractivity contribution is -0.143. The van der Waals surface area contributed by atoms with Crippen molar-refractivity contribution in [3.05, 3.63) is 0 Å². The van der Waals surface area contributed by atoms with Gasteiger partial charge in [0, 0.05) is 0 Å². The summed E-state index contributed by atoms with van der Waals surface area (Å²) in [7, 11) is 0. The summed E-state index contributed by atoms with van der Waals surface area (Å²) in [5.74, 6) is -2.90. The smallest absolute Gasteiger partial charge is 0.326 e. The Hall–Kier alpha value is -1.67. The van der Waals surface area contributed by atoms with E-state index in [1.165, 1.54) is 0 Å². The van der Waals surface area contributed by atoms with E-state index in [1.807, 2.05) is 6.92 Å². The molecule has 0 bridgehead atoms. The lowest BCUT2D eigenvalue weighted by Crippen LogP contribution is -2.57. The SMILES string of the molecule is CCC(C)C(N)C(=O)NC(CO)C(=O)NC(C(=O)O)C(C)C. The molecule has 0 aliphatic rings. The predicted molar refractivity (Wildman–Crippen MR) is 80.9 cm³/mol. The van der Waals surface area contributed by atoms with E-state index in [2.05, 4.69) is 10.6 Å². The molecule has 0 saturated heterocycles. The van der Waals surface area contributed by atoms with Crippen LogP contribution in [0.25, 0.3) is 0 Å². The predicted octanol–water partition coefficient (Wildman–Crippen LogP) is -0.938. The molecule has 128 valence electrons. The minimum Gasteiger partial charge on any atom is -0.480 e. The molecule has 8 heteroatoms. The molecule has 0 saturated carbocycles. The highest BCUT2D eigenvalue weighted by Gasteiger charge is 2.29. The number of nitrogens with two attached hydrogens (primary N) is 1. The van der Waals surface area contributed by atoms with Gasteiger partial charge in [-0.3, -0.25) is 9.59 Å². The van der Waals surface area contributed by atoms with Crippen molar-refractivity contribution in [2.24, 2.45) is 17.6 Å². The van der Waals surface area contributed by atoms with Crippen molar-refractivity contribution in [3.8, 4) is 0 Å². The number of aliphatic hydroxyl groups is 1. The van der Waals surface area contributed by atoms with Crippen molar-refractivity contribution in [2.45, 2.75) is 52.2 Å². The number of carbonyl (C=O) groups is 3. The van der Waals surface area contributed by atoms with Crippen LogP contribution in [-0.2, 0) is 14.4 Å². The summed E-state index contributed by atoms with van der Waals surface area (Å²) in [5, 5.41) is 22.9. The Bertz CT molecular complexity index is 400. The summed E-state index contributed by atoms with van der Waals surface area (Å²) in [5.41, 5.74) is 5.75. The summed E-state index contributed by atoms with van der Waals surface area (Å²) in [4.78, 5) is 35.0. The molecular formula is C14H27N3O5. The molecule has 0 heterocycles. The average molecular weight is 317 g/mol. The highest BCUT2D eigenvalue weighted by atomic mass is 16.4. The fourth-order valence-electron chi connectivity index (χ4n) is 1.74. The Balaban J connectivity index is 4.79. The van der Waals surface area contributed by atoms with E-state index in [0.29, 0.717) is 6.42 Å². The first-order chi connectivity index (χ1) is 10.1. The first-order valence-corrected chi connectivity index (χ1v) is 7.35. The van der Waals surface area contributed by atoms with Gasteiger partial charge < -0.3 is 26.6 Å². The van der Waals surface area contributed by atoms with E-state index in [1.54, 1.807) is 20.8 Å². The highest BCUT2D eigenvalue weighted by molar-refractivity contribution is 5.91. The Morgan fingerprint density at radius 2 is 1.64 bits per heavy atom. The van der Waals surface area contributed by atoms with Crippen molar-refractivity contribution < 1.29 is 24.6 Å². The van der Waals surface area contributed by atoms with Crippen molar-refractivity contribution in [1.29, 1.82) is 0 Å². The maximum absolute atomic E-state index is 12.0. The Labute approximate surface area is 130 Å². The zero-order valence-corrected chi connectivity index (χ0v) is 13.5. The number of aliphatic hydroxyl groups excluding tert-OH is 1. The second-order valence-electron chi connectivity index (χ2n) is 5.72. The minimum atomic E-state index is -1.23. The van der Waals surface area contributed by atoms with Gasteiger partial charge in [-0.05, 0) is 11.8 Å². The van der Waals surface area contributed by atoms with E-state index < -0.39 is 42.5 Å². The highest BCUT2D eigenvalue weighted by Crippen LogP contribution is 2.06. The molecule has 8 nitrogen and oxygen atoms in total. The van der Waals surface area contributed by atoms with Crippen LogP contribution in [0.3, 0.4) is 0 Å². The zero-order valence-electron chi connectivity index (χ0n) is 13.5. The molecule has 6 N–H and O–H groups in total. The molecule has 0 spiro atoms. The lowest BCUT2D eigenvalue weighted by atomic mass is 9.99. The minimum absolute atomic E-state index is 0.0789. The molecule has 0 rings (SSSR count). The number of aliphatic carboxylic acids is 1. The molecule has 0 aromatic rings. The molecule has 4 atom stereocenters. The van der Waals surface area contributed by atoms with Crippen LogP contribution in [0.1, 0.15) is 34.1 Å². The van der Waals surface area contributed by atoms with Gasteiger partial charge in [0.2, 0.25) is 11.8 Å². The van der Waals surface area contributed by atoms with Crippen molar-refractivity contribution in [3.63, 3.8) is 0 Å². The Kier molecular flexibility index (Phi) is 8.66. The molecule has 0 fully saturated rings. The number of carboxylic acids is 1. The van der Waals surface area contributed by atoms with Crippen LogP contribution in [0.4, 0.5) is 0 Å². The van der Waals surface area contributed by atoms with E-state index in [0.717, 1.165) is 0 Å². The number of hydrogen-bond donors (Lipinski definition) is 5. The second-order valence-corrected chi connectivity index (χ2v) is 5.72. The average Bonchev–Trinajstić information content (AvgIpc) is 2.47. The lowest BCUT2D eigenvalue weighted by Gasteiger charge is -2.24. The van der Waals surface area contributed by atoms with Gasteiger partial charge in [-0.15, -0.1) is 0 Å². The van der Waals surface area contributed by atoms with Crippen LogP contribution in [0.2, 0.25) is 0 Å². The van der Waals surface area contributed by atoms with Gasteiger partial charge in [-0.25, -0.2) is 4.79 Å². The number of hydrogen-bond acceptors (Lipinski definition) is 5. The number of carboxylic acid groups (broad SMARTS) is 1. The summed E-state index contributed by atoms with van der Waals surface area (Å²) in [6.07, 6.45) is 0.693. The molecule has 2 amide bonds. The van der Waals surface area contributed by atoms with E-state index >= 15 is 0 Å². The molecule has 0 aliphatic heterocycles. The summed E-state index contributed by atoms with van der Waals surface area (Å²) < 4.78 is 0. The van der Waals surface area contributed by atoms with Crippen molar-refractivity contribution >= 4 is 17.8 Å². The van der Waals surface area contributed by atoms with Crippen LogP contribution in [-0.4, -0.2) is 52.7 Å². The summed E-state index contributed by atoms with van der Waals surface area (Å²) >= 11 is 0. The largest absolute Gasteiger partial charge is 0.480 e. The fourth-order valence-corrected chi connectivity index (χ4v) is 1.74. The fraction of sp³-hybridized carbons (Fsp3) is 0.786. The maximum atomic E-state index is 12.0. The van der Waals surface area contributed by atoms with E-state index in [4.69, 9.17) is 10.8 Å². The first kappa shape index (κ1) is 20.3. The standard InChI is InChI=1S/C14H27N3O5/c1-5-8(4)10(15)13(20)16-9(6-18)12(19)17-11(7(2)3)14(21)22/h7-11,18H,5-6,15H2,1-4H3,(H,16,20)(H,17,19)(H,21,22). The van der Waals surface area contributed by atoms with E-state index in [-0.39, 0.29) is 11.8 Å². The third-order valence-corrected chi connectivity index (χ3v) is 3.61. The van der Waals surface area contributed by atoms with Crippen molar-refractivity contribution in [2.75, 3.05) is 6.61 Å². The quantitative estimate of drug-likeness (QED) is 0.372. The third-order valence-electron chi connectivity index (χ3n) is 3.61. The molecule has 0 aromatic carbocycles. The topological polar surface area (TPSA) is 142 Å². The van der Waals surface area contributed by atoms with Gasteiger partial charge in [0.25, 0.3) is 0 Å². The van der Waals surface area contributed by atoms with Crippen LogP contribution >= 0.6 is 0 Å². The molecule has 0 aromatic heterocycles. The summed E-state index contributed by atoms with van der Waals surface area (Å²) in [6.45, 7) is 6.33. The molecule has 0 radical (unpaired) electrons. The van der Waals surface area contributed by atoms with Crippen LogP contribution < -0.4 is 16.4 Å². The molecule has 4 unspecified atom stereocenters. The number of nitrogens with one attached hydrogen (secondary N) is 2. The van der Waals surface area contributed by atoms with Crippen LogP contribution in [0.5, 0.6) is 0 Å². The molecular weight excluding hydrogens is 290 g/mol.